The maximum Gasteiger partial charge on any atom is 0.192 e. The van der Waals surface area contributed by atoms with Crippen LogP contribution in [0.25, 0.3) is 0 Å². The summed E-state index contributed by atoms with van der Waals surface area (Å²) in [6.07, 6.45) is -0.513. The molecule has 0 saturated heterocycles. The fourth-order valence-corrected chi connectivity index (χ4v) is 1.69. The van der Waals surface area contributed by atoms with Gasteiger partial charge in [0.1, 0.15) is 11.9 Å². The minimum absolute atomic E-state index is 0.0696. The molecular weight excluding hydrogens is 207 g/mol. The van der Waals surface area contributed by atoms with Gasteiger partial charge in [0.05, 0.1) is 0 Å². The summed E-state index contributed by atoms with van der Waals surface area (Å²) >= 11 is 0. The summed E-state index contributed by atoms with van der Waals surface area (Å²) in [4.78, 5) is 12.1. The van der Waals surface area contributed by atoms with Crippen LogP contribution in [-0.2, 0) is 4.74 Å². The number of methoxy groups -OCH3 is 1. The Morgan fingerprint density at radius 1 is 1.38 bits per heavy atom. The number of benzene rings is 1. The van der Waals surface area contributed by atoms with Gasteiger partial charge in [-0.25, -0.2) is 4.39 Å². The fraction of sp³-hybridized carbons (Fsp3) is 0.462. The molecule has 0 aromatic heterocycles. The molecule has 0 amide bonds. The minimum Gasteiger partial charge on any atom is -0.373 e. The number of ketones is 1. The summed E-state index contributed by atoms with van der Waals surface area (Å²) in [5.74, 6) is -0.484. The van der Waals surface area contributed by atoms with Crippen LogP contribution in [0.2, 0.25) is 0 Å². The van der Waals surface area contributed by atoms with Gasteiger partial charge in [-0.3, -0.25) is 4.79 Å². The number of ether oxygens (including phenoxy) is 1. The average molecular weight is 224 g/mol. The van der Waals surface area contributed by atoms with Gasteiger partial charge in [0.25, 0.3) is 0 Å². The van der Waals surface area contributed by atoms with Crippen molar-refractivity contribution in [3.8, 4) is 0 Å². The van der Waals surface area contributed by atoms with Crippen molar-refractivity contribution < 1.29 is 13.9 Å². The van der Waals surface area contributed by atoms with Crippen LogP contribution in [0.1, 0.15) is 29.8 Å². The van der Waals surface area contributed by atoms with Crippen LogP contribution in [0.4, 0.5) is 4.39 Å². The van der Waals surface area contributed by atoms with Crippen LogP contribution < -0.4 is 0 Å². The minimum atomic E-state index is -0.513. The first-order valence-electron chi connectivity index (χ1n) is 5.30. The number of hydrogen-bond donors (Lipinski definition) is 0. The molecule has 1 aromatic rings. The third-order valence-corrected chi connectivity index (χ3v) is 2.58. The second-order valence-corrected chi connectivity index (χ2v) is 4.22. The molecule has 0 aliphatic rings. The third-order valence-electron chi connectivity index (χ3n) is 2.58. The van der Waals surface area contributed by atoms with Crippen molar-refractivity contribution in [1.29, 1.82) is 0 Å². The largest absolute Gasteiger partial charge is 0.373 e. The Kier molecular flexibility index (Phi) is 4.19. The van der Waals surface area contributed by atoms with Gasteiger partial charge in [-0.1, -0.05) is 19.9 Å². The lowest BCUT2D eigenvalue weighted by Crippen LogP contribution is -2.29. The summed E-state index contributed by atoms with van der Waals surface area (Å²) in [6, 6.07) is 4.23. The van der Waals surface area contributed by atoms with E-state index in [4.69, 9.17) is 4.74 Å². The molecule has 0 radical (unpaired) electrons. The Labute approximate surface area is 95.4 Å². The van der Waals surface area contributed by atoms with Gasteiger partial charge < -0.3 is 4.74 Å². The number of carbonyl (C=O) groups is 1. The third kappa shape index (κ3) is 2.67. The van der Waals surface area contributed by atoms with Crippen LogP contribution in [0.3, 0.4) is 0 Å². The molecule has 1 aromatic carbocycles. The Bertz CT molecular complexity index is 386. The van der Waals surface area contributed by atoms with Gasteiger partial charge in [-0.15, -0.1) is 0 Å². The first-order chi connectivity index (χ1) is 7.47. The first-order valence-corrected chi connectivity index (χ1v) is 5.30. The molecule has 0 spiro atoms. The summed E-state index contributed by atoms with van der Waals surface area (Å²) in [5.41, 5.74) is 1.18. The lowest BCUT2D eigenvalue weighted by molar-refractivity contribution is 0.0457. The van der Waals surface area contributed by atoms with Gasteiger partial charge in [0.2, 0.25) is 0 Å². The van der Waals surface area contributed by atoms with Gasteiger partial charge in [0, 0.05) is 12.7 Å². The van der Waals surface area contributed by atoms with Crippen LogP contribution in [0.15, 0.2) is 18.2 Å². The van der Waals surface area contributed by atoms with E-state index in [2.05, 4.69) is 0 Å². The summed E-state index contributed by atoms with van der Waals surface area (Å²) in [6.45, 7) is 5.60. The molecular formula is C13H17FO2. The van der Waals surface area contributed by atoms with Crippen molar-refractivity contribution in [2.24, 2.45) is 5.92 Å². The van der Waals surface area contributed by atoms with E-state index in [0.29, 0.717) is 5.56 Å². The van der Waals surface area contributed by atoms with Crippen molar-refractivity contribution in [3.05, 3.63) is 35.1 Å². The van der Waals surface area contributed by atoms with E-state index < -0.39 is 11.9 Å². The van der Waals surface area contributed by atoms with E-state index in [1.165, 1.54) is 19.2 Å². The molecule has 88 valence electrons. The molecule has 0 heterocycles. The Morgan fingerprint density at radius 2 is 2.00 bits per heavy atom. The number of rotatable bonds is 4. The lowest BCUT2D eigenvalue weighted by Gasteiger charge is -2.18. The van der Waals surface area contributed by atoms with Crippen LogP contribution in [-0.4, -0.2) is 19.0 Å². The first kappa shape index (κ1) is 12.8. The SMILES string of the molecule is COC(C(=O)c1cc(F)ccc1C)C(C)C. The maximum atomic E-state index is 13.1. The van der Waals surface area contributed by atoms with Crippen molar-refractivity contribution in [2.45, 2.75) is 26.9 Å². The van der Waals surface area contributed by atoms with E-state index in [9.17, 15) is 9.18 Å². The number of carbonyl (C=O) groups excluding carboxylic acids is 1. The number of Topliss-reactive ketones (excluding diaryl/α,β-unsaturated/α-hetero) is 1. The average Bonchev–Trinajstić information content (AvgIpc) is 2.22. The molecule has 3 heteroatoms. The molecule has 1 rings (SSSR count). The highest BCUT2D eigenvalue weighted by Crippen LogP contribution is 2.17. The highest BCUT2D eigenvalue weighted by molar-refractivity contribution is 6.00. The van der Waals surface area contributed by atoms with Gasteiger partial charge in [-0.05, 0) is 30.5 Å². The Hall–Kier alpha value is -1.22. The molecule has 0 bridgehead atoms. The predicted molar refractivity (Wildman–Crippen MR) is 61.1 cm³/mol. The zero-order chi connectivity index (χ0) is 12.3. The molecule has 0 N–H and O–H groups in total. The molecule has 1 unspecified atom stereocenters. The van der Waals surface area contributed by atoms with Crippen molar-refractivity contribution in [3.63, 3.8) is 0 Å². The van der Waals surface area contributed by atoms with E-state index in [1.807, 2.05) is 13.8 Å². The van der Waals surface area contributed by atoms with Crippen molar-refractivity contribution >= 4 is 5.78 Å². The summed E-state index contributed by atoms with van der Waals surface area (Å²) in [5, 5.41) is 0. The second-order valence-electron chi connectivity index (χ2n) is 4.22. The van der Waals surface area contributed by atoms with Crippen molar-refractivity contribution in [2.75, 3.05) is 7.11 Å². The van der Waals surface area contributed by atoms with E-state index in [-0.39, 0.29) is 11.7 Å². The lowest BCUT2D eigenvalue weighted by atomic mass is 9.95. The molecule has 0 fully saturated rings. The summed E-state index contributed by atoms with van der Waals surface area (Å²) < 4.78 is 18.2. The number of aryl methyl sites for hydroxylation is 1. The summed E-state index contributed by atoms with van der Waals surface area (Å²) in [7, 11) is 1.50. The highest BCUT2D eigenvalue weighted by Gasteiger charge is 2.24. The van der Waals surface area contributed by atoms with Gasteiger partial charge in [-0.2, -0.15) is 0 Å². The number of halogens is 1. The van der Waals surface area contributed by atoms with Crippen LogP contribution in [0, 0.1) is 18.7 Å². The Morgan fingerprint density at radius 3 is 2.50 bits per heavy atom. The van der Waals surface area contributed by atoms with E-state index >= 15 is 0 Å². The fourth-order valence-electron chi connectivity index (χ4n) is 1.69. The molecule has 2 nitrogen and oxygen atoms in total. The second kappa shape index (κ2) is 5.21. The highest BCUT2D eigenvalue weighted by atomic mass is 19.1. The van der Waals surface area contributed by atoms with Crippen molar-refractivity contribution in [1.82, 2.24) is 0 Å². The molecule has 16 heavy (non-hydrogen) atoms. The van der Waals surface area contributed by atoms with E-state index in [0.717, 1.165) is 5.56 Å². The smallest absolute Gasteiger partial charge is 0.192 e. The monoisotopic (exact) mass is 224 g/mol. The maximum absolute atomic E-state index is 13.1. The molecule has 0 saturated carbocycles. The zero-order valence-electron chi connectivity index (χ0n) is 10.1. The van der Waals surface area contributed by atoms with E-state index in [1.54, 1.807) is 13.0 Å². The van der Waals surface area contributed by atoms with Gasteiger partial charge >= 0.3 is 0 Å². The number of hydrogen-bond acceptors (Lipinski definition) is 2. The topological polar surface area (TPSA) is 26.3 Å². The molecule has 0 aliphatic heterocycles. The normalized spacial score (nSPS) is 12.9. The Balaban J connectivity index is 3.08. The predicted octanol–water partition coefficient (Wildman–Crippen LogP) is 2.99. The van der Waals surface area contributed by atoms with Gasteiger partial charge in [0.15, 0.2) is 5.78 Å². The quantitative estimate of drug-likeness (QED) is 0.735. The standard InChI is InChI=1S/C13H17FO2/c1-8(2)13(16-4)12(15)11-7-10(14)6-5-9(11)3/h5-8,13H,1-4H3. The molecule has 1 atom stereocenters. The zero-order valence-corrected chi connectivity index (χ0v) is 10.1. The molecule has 0 aliphatic carbocycles. The van der Waals surface area contributed by atoms with Crippen LogP contribution in [0.5, 0.6) is 0 Å². The van der Waals surface area contributed by atoms with Crippen LogP contribution >= 0.6 is 0 Å².